The molecule has 0 spiro atoms. The molecule has 0 aliphatic heterocycles. The van der Waals surface area contributed by atoms with Crippen molar-refractivity contribution >= 4 is 43.1 Å². The summed E-state index contributed by atoms with van der Waals surface area (Å²) in [4.78, 5) is 0. The summed E-state index contributed by atoms with van der Waals surface area (Å²) >= 11 is 0. The third-order valence-electron chi connectivity index (χ3n) is 5.39. The van der Waals surface area contributed by atoms with Crippen molar-refractivity contribution in [3.8, 4) is 0 Å². The van der Waals surface area contributed by atoms with E-state index in [1.54, 1.807) is 0 Å². The van der Waals surface area contributed by atoms with Crippen LogP contribution in [0.5, 0.6) is 0 Å². The highest BCUT2D eigenvalue weighted by Gasteiger charge is 2.19. The number of fused-ring (bicyclic) bond motifs is 3. The van der Waals surface area contributed by atoms with E-state index >= 15 is 0 Å². The summed E-state index contributed by atoms with van der Waals surface area (Å²) < 4.78 is 0. The fourth-order valence-corrected chi connectivity index (χ4v) is 4.38. The first-order chi connectivity index (χ1) is 11.4. The van der Waals surface area contributed by atoms with Gasteiger partial charge in [-0.1, -0.05) is 54.6 Å². The zero-order valence-corrected chi connectivity index (χ0v) is 12.6. The fourth-order valence-electron chi connectivity index (χ4n) is 4.38. The molecule has 0 heteroatoms. The van der Waals surface area contributed by atoms with Gasteiger partial charge in [0.15, 0.2) is 0 Å². The Balaban J connectivity index is 1.89. The summed E-state index contributed by atoms with van der Waals surface area (Å²) in [6.07, 6.45) is 1.06. The number of hydrogen-bond acceptors (Lipinski definition) is 0. The molecular formula is C23H14. The number of benzene rings is 5. The largest absolute Gasteiger partial charge is 0.0616 e. The van der Waals surface area contributed by atoms with E-state index in [0.717, 1.165) is 6.42 Å². The van der Waals surface area contributed by atoms with Gasteiger partial charge in [0.1, 0.15) is 0 Å². The van der Waals surface area contributed by atoms with Gasteiger partial charge in [-0.05, 0) is 78.8 Å². The van der Waals surface area contributed by atoms with Crippen LogP contribution in [-0.2, 0) is 6.42 Å². The minimum Gasteiger partial charge on any atom is -0.0616 e. The molecule has 0 heterocycles. The summed E-state index contributed by atoms with van der Waals surface area (Å²) in [5.41, 5.74) is 2.99. The van der Waals surface area contributed by atoms with E-state index in [1.165, 1.54) is 54.2 Å². The first-order valence-corrected chi connectivity index (χ1v) is 8.17. The smallest absolute Gasteiger partial charge is 0.000683 e. The Hall–Kier alpha value is -2.86. The van der Waals surface area contributed by atoms with Crippen LogP contribution in [0.1, 0.15) is 11.1 Å². The molecule has 0 bridgehead atoms. The Labute approximate surface area is 134 Å². The molecule has 0 aromatic heterocycles. The topological polar surface area (TPSA) is 0 Å². The van der Waals surface area contributed by atoms with Gasteiger partial charge in [-0.2, -0.15) is 0 Å². The molecule has 0 atom stereocenters. The standard InChI is InChI=1S/C23H14/c1-2-5-16-12-20-19(10-15(16)4-1)11-18-9-8-14-6-3-7-17-13-21(20)23(18)22(14)17/h1-12H,13H2. The van der Waals surface area contributed by atoms with Gasteiger partial charge in [0.25, 0.3) is 0 Å². The summed E-state index contributed by atoms with van der Waals surface area (Å²) in [6, 6.07) is 27.0. The van der Waals surface area contributed by atoms with Crippen molar-refractivity contribution in [3.63, 3.8) is 0 Å². The molecule has 0 nitrogen and oxygen atoms in total. The molecule has 106 valence electrons. The van der Waals surface area contributed by atoms with Crippen LogP contribution in [0, 0.1) is 0 Å². The third kappa shape index (κ3) is 1.41. The molecule has 0 amide bonds. The molecule has 1 aliphatic carbocycles. The molecule has 0 N–H and O–H groups in total. The van der Waals surface area contributed by atoms with Gasteiger partial charge in [0.2, 0.25) is 0 Å². The molecule has 6 rings (SSSR count). The van der Waals surface area contributed by atoms with Crippen LogP contribution < -0.4 is 0 Å². The van der Waals surface area contributed by atoms with E-state index in [2.05, 4.69) is 72.8 Å². The summed E-state index contributed by atoms with van der Waals surface area (Å²) in [5.74, 6) is 0. The summed E-state index contributed by atoms with van der Waals surface area (Å²) in [6.45, 7) is 0. The highest BCUT2D eigenvalue weighted by Crippen LogP contribution is 2.42. The predicted octanol–water partition coefficient (Wildman–Crippen LogP) is 6.20. The molecule has 5 aromatic rings. The van der Waals surface area contributed by atoms with Gasteiger partial charge in [0.05, 0.1) is 0 Å². The van der Waals surface area contributed by atoms with Crippen LogP contribution in [0.25, 0.3) is 43.1 Å². The molecular weight excluding hydrogens is 276 g/mol. The van der Waals surface area contributed by atoms with Gasteiger partial charge in [-0.15, -0.1) is 0 Å². The molecule has 5 aromatic carbocycles. The zero-order valence-electron chi connectivity index (χ0n) is 12.6. The van der Waals surface area contributed by atoms with Crippen molar-refractivity contribution in [2.75, 3.05) is 0 Å². The van der Waals surface area contributed by atoms with E-state index in [0.29, 0.717) is 0 Å². The Kier molecular flexibility index (Phi) is 1.98. The molecule has 0 saturated carbocycles. The molecule has 0 radical (unpaired) electrons. The Morgan fingerprint density at radius 1 is 0.522 bits per heavy atom. The second kappa shape index (κ2) is 3.91. The van der Waals surface area contributed by atoms with Crippen molar-refractivity contribution in [1.29, 1.82) is 0 Å². The van der Waals surface area contributed by atoms with Crippen LogP contribution in [0.3, 0.4) is 0 Å². The Morgan fingerprint density at radius 3 is 2.17 bits per heavy atom. The highest BCUT2D eigenvalue weighted by atomic mass is 14.2. The average Bonchev–Trinajstić information content (AvgIpc) is 2.99. The maximum atomic E-state index is 2.38. The van der Waals surface area contributed by atoms with Crippen molar-refractivity contribution in [2.45, 2.75) is 6.42 Å². The maximum Gasteiger partial charge on any atom is -0.000683 e. The van der Waals surface area contributed by atoms with Crippen LogP contribution in [0.4, 0.5) is 0 Å². The van der Waals surface area contributed by atoms with E-state index in [-0.39, 0.29) is 0 Å². The van der Waals surface area contributed by atoms with Crippen LogP contribution >= 0.6 is 0 Å². The lowest BCUT2D eigenvalue weighted by molar-refractivity contribution is 1.30. The summed E-state index contributed by atoms with van der Waals surface area (Å²) in [5, 5.41) is 11.1. The second-order valence-electron chi connectivity index (χ2n) is 6.63. The van der Waals surface area contributed by atoms with E-state index in [1.807, 2.05) is 0 Å². The SMILES string of the molecule is c1ccc2cc3c4c5c(ccc6cccc(c65)C4)cc3cc2c1. The van der Waals surface area contributed by atoms with E-state index < -0.39 is 0 Å². The lowest BCUT2D eigenvalue weighted by atomic mass is 9.94. The molecule has 1 aliphatic rings. The third-order valence-corrected chi connectivity index (χ3v) is 5.39. The zero-order chi connectivity index (χ0) is 15.0. The van der Waals surface area contributed by atoms with E-state index in [4.69, 9.17) is 0 Å². The van der Waals surface area contributed by atoms with Gasteiger partial charge in [0, 0.05) is 0 Å². The van der Waals surface area contributed by atoms with Gasteiger partial charge in [-0.3, -0.25) is 0 Å². The van der Waals surface area contributed by atoms with Crippen LogP contribution in [0.15, 0.2) is 72.8 Å². The minimum atomic E-state index is 1.06. The van der Waals surface area contributed by atoms with Gasteiger partial charge in [-0.25, -0.2) is 0 Å². The minimum absolute atomic E-state index is 1.06. The Morgan fingerprint density at radius 2 is 1.26 bits per heavy atom. The highest BCUT2D eigenvalue weighted by molar-refractivity contribution is 6.19. The first-order valence-electron chi connectivity index (χ1n) is 8.17. The normalized spacial score (nSPS) is 13.0. The molecule has 23 heavy (non-hydrogen) atoms. The first kappa shape index (κ1) is 11.7. The van der Waals surface area contributed by atoms with Gasteiger partial charge >= 0.3 is 0 Å². The number of rotatable bonds is 0. The molecule has 0 fully saturated rings. The monoisotopic (exact) mass is 290 g/mol. The van der Waals surface area contributed by atoms with Crippen molar-refractivity contribution in [1.82, 2.24) is 0 Å². The predicted molar refractivity (Wildman–Crippen MR) is 99.3 cm³/mol. The quantitative estimate of drug-likeness (QED) is 0.231. The molecule has 0 saturated heterocycles. The lowest BCUT2D eigenvalue weighted by Gasteiger charge is -2.09. The average molecular weight is 290 g/mol. The van der Waals surface area contributed by atoms with Gasteiger partial charge < -0.3 is 0 Å². The van der Waals surface area contributed by atoms with Crippen molar-refractivity contribution in [3.05, 3.63) is 83.9 Å². The Bertz CT molecular complexity index is 1270. The van der Waals surface area contributed by atoms with Crippen molar-refractivity contribution < 1.29 is 0 Å². The van der Waals surface area contributed by atoms with E-state index in [9.17, 15) is 0 Å². The maximum absolute atomic E-state index is 2.38. The molecule has 0 unspecified atom stereocenters. The fraction of sp³-hybridized carbons (Fsp3) is 0.0435. The lowest BCUT2D eigenvalue weighted by Crippen LogP contribution is -1.85. The van der Waals surface area contributed by atoms with Crippen LogP contribution in [-0.4, -0.2) is 0 Å². The number of hydrogen-bond donors (Lipinski definition) is 0. The van der Waals surface area contributed by atoms with Crippen LogP contribution in [0.2, 0.25) is 0 Å². The summed E-state index contributed by atoms with van der Waals surface area (Å²) in [7, 11) is 0. The second-order valence-corrected chi connectivity index (χ2v) is 6.63. The van der Waals surface area contributed by atoms with Crippen molar-refractivity contribution in [2.24, 2.45) is 0 Å².